The molecule has 1 aliphatic carbocycles. The first-order valence-electron chi connectivity index (χ1n) is 16.1. The zero-order valence-electron chi connectivity index (χ0n) is 28.0. The highest BCUT2D eigenvalue weighted by atomic mass is 16.6. The van der Waals surface area contributed by atoms with E-state index in [1.165, 1.54) is 16.7 Å². The van der Waals surface area contributed by atoms with Crippen molar-refractivity contribution < 1.29 is 28.9 Å². The van der Waals surface area contributed by atoms with E-state index in [2.05, 4.69) is 24.8 Å². The number of anilines is 1. The molecule has 46 heavy (non-hydrogen) atoms. The number of aryl methyl sites for hydroxylation is 2. The molecule has 1 saturated carbocycles. The lowest BCUT2D eigenvalue weighted by atomic mass is 9.88. The van der Waals surface area contributed by atoms with Gasteiger partial charge in [-0.15, -0.1) is 0 Å². The van der Waals surface area contributed by atoms with Crippen molar-refractivity contribution in [1.29, 1.82) is 0 Å². The van der Waals surface area contributed by atoms with Gasteiger partial charge in [-0.3, -0.25) is 4.79 Å². The van der Waals surface area contributed by atoms with Gasteiger partial charge in [-0.2, -0.15) is 0 Å². The summed E-state index contributed by atoms with van der Waals surface area (Å²) in [6.07, 6.45) is 1.18. The number of carbonyl (C=O) groups excluding carboxylic acids is 1. The van der Waals surface area contributed by atoms with Gasteiger partial charge < -0.3 is 29.1 Å². The molecule has 0 radical (unpaired) electrons. The molecule has 3 aromatic rings. The van der Waals surface area contributed by atoms with E-state index in [0.717, 1.165) is 45.9 Å². The molecule has 9 heteroatoms. The molecule has 3 aliphatic rings. The Morgan fingerprint density at radius 3 is 2.54 bits per heavy atom. The van der Waals surface area contributed by atoms with E-state index in [-0.39, 0.29) is 18.1 Å². The van der Waals surface area contributed by atoms with Crippen molar-refractivity contribution in [2.45, 2.75) is 79.2 Å². The summed E-state index contributed by atoms with van der Waals surface area (Å²) in [6, 6.07) is 13.9. The second kappa shape index (κ2) is 11.9. The van der Waals surface area contributed by atoms with Gasteiger partial charge in [-0.25, -0.2) is 9.78 Å². The maximum Gasteiger partial charge on any atom is 0.410 e. The minimum atomic E-state index is -0.760. The molecule has 0 bridgehead atoms. The normalized spacial score (nSPS) is 21.9. The van der Waals surface area contributed by atoms with Crippen LogP contribution in [0, 0.1) is 32.1 Å². The SMILES string of the molecule is COC[C@H]1N(c2cccc(-c3cccc(C)c3OCc3cc(C)c4c(c3C)CCN(C(=O)OC(C)(C)C)C4)n2)CC2C[C@@]21C(=O)O. The predicted octanol–water partition coefficient (Wildman–Crippen LogP) is 6.47. The molecule has 9 nitrogen and oxygen atoms in total. The number of aliphatic carboxylic acids is 1. The standard InChI is InChI=1S/C37H45N3O6/c1-22-10-8-11-28(30-12-9-13-32(38-30)40-18-26-17-37(26,34(41)42)31(40)21-44-7)33(22)45-20-25-16-23(2)29-19-39(15-14-27(29)24(25)3)35(43)46-36(4,5)6/h8-13,16,26,31H,14-15,17-21H2,1-7H3,(H,41,42)/t26?,31-,37-/m1/s1. The number of aromatic nitrogens is 1. The van der Waals surface area contributed by atoms with Crippen LogP contribution in [-0.4, -0.2) is 65.5 Å². The number of nitrogens with zero attached hydrogens (tertiary/aromatic N) is 3. The first-order valence-corrected chi connectivity index (χ1v) is 16.1. The van der Waals surface area contributed by atoms with Crippen molar-refractivity contribution >= 4 is 17.9 Å². The number of carbonyl (C=O) groups is 2. The fourth-order valence-electron chi connectivity index (χ4n) is 7.43. The van der Waals surface area contributed by atoms with Crippen molar-refractivity contribution in [1.82, 2.24) is 9.88 Å². The van der Waals surface area contributed by atoms with Gasteiger partial charge in [0.05, 0.1) is 23.8 Å². The summed E-state index contributed by atoms with van der Waals surface area (Å²) in [5, 5.41) is 10.1. The molecule has 1 amide bonds. The summed E-state index contributed by atoms with van der Waals surface area (Å²) in [5.74, 6) is 0.886. The van der Waals surface area contributed by atoms with Crippen LogP contribution in [0.25, 0.3) is 11.3 Å². The molecule has 1 unspecified atom stereocenters. The Kier molecular flexibility index (Phi) is 8.25. The van der Waals surface area contributed by atoms with Gasteiger partial charge in [0.2, 0.25) is 0 Å². The summed E-state index contributed by atoms with van der Waals surface area (Å²) in [6.45, 7) is 14.5. The second-order valence-electron chi connectivity index (χ2n) is 14.1. The number of hydrogen-bond donors (Lipinski definition) is 1. The van der Waals surface area contributed by atoms with E-state index in [9.17, 15) is 14.7 Å². The van der Waals surface area contributed by atoms with Crippen molar-refractivity contribution in [3.63, 3.8) is 0 Å². The monoisotopic (exact) mass is 627 g/mol. The molecule has 1 N–H and O–H groups in total. The molecule has 1 saturated heterocycles. The minimum absolute atomic E-state index is 0.108. The fraction of sp³-hybridized carbons (Fsp3) is 0.486. The van der Waals surface area contributed by atoms with Crippen LogP contribution >= 0.6 is 0 Å². The number of carboxylic acid groups (broad SMARTS) is 1. The minimum Gasteiger partial charge on any atom is -0.488 e. The highest BCUT2D eigenvalue weighted by molar-refractivity contribution is 5.82. The Morgan fingerprint density at radius 1 is 1.07 bits per heavy atom. The predicted molar refractivity (Wildman–Crippen MR) is 176 cm³/mol. The topological polar surface area (TPSA) is 101 Å². The zero-order valence-corrected chi connectivity index (χ0v) is 28.0. The van der Waals surface area contributed by atoms with Gasteiger partial charge in [0, 0.05) is 32.3 Å². The smallest absolute Gasteiger partial charge is 0.410 e. The Morgan fingerprint density at radius 2 is 1.83 bits per heavy atom. The van der Waals surface area contributed by atoms with Crippen LogP contribution in [0.5, 0.6) is 5.75 Å². The van der Waals surface area contributed by atoms with Gasteiger partial charge >= 0.3 is 12.1 Å². The van der Waals surface area contributed by atoms with Gasteiger partial charge in [0.25, 0.3) is 0 Å². The lowest BCUT2D eigenvalue weighted by molar-refractivity contribution is -0.144. The molecule has 2 aromatic carbocycles. The lowest BCUT2D eigenvalue weighted by Gasteiger charge is -2.33. The molecule has 244 valence electrons. The van der Waals surface area contributed by atoms with E-state index < -0.39 is 17.0 Å². The van der Waals surface area contributed by atoms with E-state index in [0.29, 0.717) is 39.3 Å². The number of fused-ring (bicyclic) bond motifs is 2. The van der Waals surface area contributed by atoms with E-state index in [4.69, 9.17) is 19.2 Å². The average Bonchev–Trinajstić information content (AvgIpc) is 3.66. The number of carboxylic acids is 1. The molecule has 2 fully saturated rings. The van der Waals surface area contributed by atoms with Gasteiger partial charge in [0.1, 0.15) is 23.8 Å². The van der Waals surface area contributed by atoms with Crippen molar-refractivity contribution in [3.05, 3.63) is 75.8 Å². The van der Waals surface area contributed by atoms with Crippen molar-refractivity contribution in [3.8, 4) is 17.0 Å². The number of rotatable bonds is 8. The third-order valence-electron chi connectivity index (χ3n) is 9.95. The number of piperidine rings is 1. The maximum atomic E-state index is 12.8. The summed E-state index contributed by atoms with van der Waals surface area (Å²) < 4.78 is 17.7. The molecule has 3 heterocycles. The molecular formula is C37H45N3O6. The van der Waals surface area contributed by atoms with E-state index >= 15 is 0 Å². The zero-order chi connectivity index (χ0) is 33.0. The Hall–Kier alpha value is -4.11. The number of para-hydroxylation sites is 1. The molecule has 1 aromatic heterocycles. The van der Waals surface area contributed by atoms with Crippen LogP contribution in [0.1, 0.15) is 60.6 Å². The highest BCUT2D eigenvalue weighted by Crippen LogP contribution is 2.62. The van der Waals surface area contributed by atoms with Crippen LogP contribution in [0.4, 0.5) is 10.6 Å². The van der Waals surface area contributed by atoms with Gasteiger partial charge in [-0.05, 0) is 112 Å². The fourth-order valence-corrected chi connectivity index (χ4v) is 7.43. The Balaban J connectivity index is 1.24. The Labute approximate surface area is 271 Å². The summed E-state index contributed by atoms with van der Waals surface area (Å²) in [4.78, 5) is 34.0. The van der Waals surface area contributed by atoms with Gasteiger partial charge in [-0.1, -0.05) is 24.3 Å². The number of benzene rings is 2. The van der Waals surface area contributed by atoms with Crippen molar-refractivity contribution in [2.75, 3.05) is 31.7 Å². The van der Waals surface area contributed by atoms with Crippen LogP contribution in [0.3, 0.4) is 0 Å². The number of ether oxygens (including phenoxy) is 3. The quantitative estimate of drug-likeness (QED) is 0.303. The number of methoxy groups -OCH3 is 1. The van der Waals surface area contributed by atoms with Crippen LogP contribution < -0.4 is 9.64 Å². The molecule has 2 aliphatic heterocycles. The molecule has 0 spiro atoms. The highest BCUT2D eigenvalue weighted by Gasteiger charge is 2.71. The number of amides is 1. The second-order valence-corrected chi connectivity index (χ2v) is 14.1. The molecule has 6 rings (SSSR count). The molecule has 3 atom stereocenters. The lowest BCUT2D eigenvalue weighted by Crippen LogP contribution is -2.43. The van der Waals surface area contributed by atoms with Crippen molar-refractivity contribution in [2.24, 2.45) is 11.3 Å². The van der Waals surface area contributed by atoms with E-state index in [1.54, 1.807) is 12.0 Å². The largest absolute Gasteiger partial charge is 0.488 e. The average molecular weight is 628 g/mol. The number of hydrogen-bond acceptors (Lipinski definition) is 7. The van der Waals surface area contributed by atoms with Crippen LogP contribution in [0.2, 0.25) is 0 Å². The van der Waals surface area contributed by atoms with E-state index in [1.807, 2.05) is 64.1 Å². The third-order valence-corrected chi connectivity index (χ3v) is 9.95. The summed E-state index contributed by atoms with van der Waals surface area (Å²) in [7, 11) is 1.62. The maximum absolute atomic E-state index is 12.8. The third kappa shape index (κ3) is 5.70. The first-order chi connectivity index (χ1) is 21.8. The summed E-state index contributed by atoms with van der Waals surface area (Å²) >= 11 is 0. The number of pyridine rings is 1. The first kappa shape index (κ1) is 31.9. The van der Waals surface area contributed by atoms with Crippen LogP contribution in [-0.2, 0) is 33.8 Å². The summed E-state index contributed by atoms with van der Waals surface area (Å²) in [5.41, 5.74) is 7.32. The van der Waals surface area contributed by atoms with Gasteiger partial charge in [0.15, 0.2) is 0 Å². The Bertz CT molecular complexity index is 1680. The van der Waals surface area contributed by atoms with Crippen LogP contribution in [0.15, 0.2) is 42.5 Å². The molecular weight excluding hydrogens is 582 g/mol.